The van der Waals surface area contributed by atoms with Crippen molar-refractivity contribution >= 4 is 11.6 Å². The zero-order valence-corrected chi connectivity index (χ0v) is 11.9. The fourth-order valence-electron chi connectivity index (χ4n) is 2.46. The number of hydrazine groups is 1. The molecule has 0 saturated carbocycles. The first-order valence-electron chi connectivity index (χ1n) is 6.78. The Morgan fingerprint density at radius 2 is 1.84 bits per heavy atom. The third kappa shape index (κ3) is 3.33. The number of hydrogen-bond donors (Lipinski definition) is 3. The molecule has 1 atom stereocenters. The van der Waals surface area contributed by atoms with Gasteiger partial charge in [-0.2, -0.15) is 0 Å². The van der Waals surface area contributed by atoms with Crippen LogP contribution in [0.3, 0.4) is 0 Å². The molecule has 1 aromatic rings. The van der Waals surface area contributed by atoms with Gasteiger partial charge in [0.05, 0.1) is 0 Å². The van der Waals surface area contributed by atoms with E-state index in [-0.39, 0.29) is 0 Å². The van der Waals surface area contributed by atoms with Crippen molar-refractivity contribution in [3.05, 3.63) is 11.4 Å². The van der Waals surface area contributed by atoms with Crippen LogP contribution < -0.4 is 16.6 Å². The lowest BCUT2D eigenvalue weighted by atomic mass is 9.93. The van der Waals surface area contributed by atoms with Crippen LogP contribution >= 0.6 is 0 Å². The van der Waals surface area contributed by atoms with Crippen LogP contribution in [0.25, 0.3) is 0 Å². The Labute approximate surface area is 114 Å². The monoisotopic (exact) mass is 265 g/mol. The smallest absolute Gasteiger partial charge is 0.148 e. The molecule has 1 aromatic heterocycles. The van der Waals surface area contributed by atoms with E-state index < -0.39 is 0 Å². The summed E-state index contributed by atoms with van der Waals surface area (Å²) in [5, 5.41) is 3.49. The predicted molar refractivity (Wildman–Crippen MR) is 75.9 cm³/mol. The molecule has 0 aliphatic carbocycles. The summed E-state index contributed by atoms with van der Waals surface area (Å²) in [4.78, 5) is 8.73. The number of nitrogens with two attached hydrogens (primary N) is 1. The molecule has 0 aromatic carbocycles. The number of nitrogens with one attached hydrogen (secondary N) is 2. The standard InChI is InChI=1S/C13H23N5O/c1-8-12(16-10(3)17-13(8)18-14)15-9(2)11-4-6-19-7-5-11/h9,11H,4-7,14H2,1-3H3,(H2,15,16,17,18). The number of nitrogens with zero attached hydrogens (tertiary/aromatic N) is 2. The number of aromatic nitrogens is 2. The zero-order valence-electron chi connectivity index (χ0n) is 11.9. The van der Waals surface area contributed by atoms with Crippen molar-refractivity contribution in [3.63, 3.8) is 0 Å². The van der Waals surface area contributed by atoms with Gasteiger partial charge in [-0.15, -0.1) is 0 Å². The van der Waals surface area contributed by atoms with Gasteiger partial charge >= 0.3 is 0 Å². The zero-order chi connectivity index (χ0) is 13.8. The van der Waals surface area contributed by atoms with Gasteiger partial charge in [0, 0.05) is 24.8 Å². The number of anilines is 2. The first kappa shape index (κ1) is 14.0. The van der Waals surface area contributed by atoms with E-state index in [2.05, 4.69) is 27.6 Å². The highest BCUT2D eigenvalue weighted by molar-refractivity contribution is 5.57. The summed E-state index contributed by atoms with van der Waals surface area (Å²) in [6.45, 7) is 7.74. The SMILES string of the molecule is Cc1nc(NN)c(C)c(NC(C)C2CCOCC2)n1. The lowest BCUT2D eigenvalue weighted by Gasteiger charge is -2.29. The average Bonchev–Trinajstić information content (AvgIpc) is 2.43. The molecule has 2 heterocycles. The Kier molecular flexibility index (Phi) is 4.55. The molecule has 1 aliphatic rings. The maximum absolute atomic E-state index is 5.48. The second kappa shape index (κ2) is 6.16. The van der Waals surface area contributed by atoms with Crippen LogP contribution in [0.5, 0.6) is 0 Å². The van der Waals surface area contributed by atoms with Crippen molar-refractivity contribution in [1.29, 1.82) is 0 Å². The van der Waals surface area contributed by atoms with Gasteiger partial charge < -0.3 is 15.5 Å². The topological polar surface area (TPSA) is 85.1 Å². The van der Waals surface area contributed by atoms with Crippen molar-refractivity contribution in [3.8, 4) is 0 Å². The highest BCUT2D eigenvalue weighted by Crippen LogP contribution is 2.24. The Morgan fingerprint density at radius 1 is 1.21 bits per heavy atom. The highest BCUT2D eigenvalue weighted by Gasteiger charge is 2.21. The summed E-state index contributed by atoms with van der Waals surface area (Å²) < 4.78 is 5.40. The van der Waals surface area contributed by atoms with E-state index in [4.69, 9.17) is 10.6 Å². The Morgan fingerprint density at radius 3 is 2.47 bits per heavy atom. The van der Waals surface area contributed by atoms with Crippen molar-refractivity contribution < 1.29 is 4.74 Å². The average molecular weight is 265 g/mol. The molecule has 19 heavy (non-hydrogen) atoms. The molecule has 106 valence electrons. The number of nitrogen functional groups attached to an aromatic ring is 1. The molecule has 6 nitrogen and oxygen atoms in total. The summed E-state index contributed by atoms with van der Waals surface area (Å²) in [7, 11) is 0. The fraction of sp³-hybridized carbons (Fsp3) is 0.692. The van der Waals surface area contributed by atoms with Crippen molar-refractivity contribution in [2.24, 2.45) is 11.8 Å². The van der Waals surface area contributed by atoms with Crippen LogP contribution in [0, 0.1) is 19.8 Å². The Bertz CT molecular complexity index is 431. The minimum Gasteiger partial charge on any atom is -0.381 e. The van der Waals surface area contributed by atoms with Gasteiger partial charge in [0.1, 0.15) is 17.5 Å². The number of rotatable bonds is 4. The minimum atomic E-state index is 0.363. The number of ether oxygens (including phenoxy) is 1. The van der Waals surface area contributed by atoms with Gasteiger partial charge in [-0.3, -0.25) is 0 Å². The van der Waals surface area contributed by atoms with Crippen LogP contribution in [-0.2, 0) is 4.74 Å². The van der Waals surface area contributed by atoms with Crippen LogP contribution in [0.2, 0.25) is 0 Å². The van der Waals surface area contributed by atoms with Crippen molar-refractivity contribution in [1.82, 2.24) is 9.97 Å². The molecule has 0 bridgehead atoms. The van der Waals surface area contributed by atoms with Crippen LogP contribution in [0.4, 0.5) is 11.6 Å². The van der Waals surface area contributed by atoms with E-state index in [0.717, 1.165) is 37.4 Å². The Balaban J connectivity index is 2.11. The van der Waals surface area contributed by atoms with Gasteiger partial charge in [-0.1, -0.05) is 0 Å². The van der Waals surface area contributed by atoms with Gasteiger partial charge in [-0.25, -0.2) is 15.8 Å². The van der Waals surface area contributed by atoms with Gasteiger partial charge in [-0.05, 0) is 39.5 Å². The van der Waals surface area contributed by atoms with Gasteiger partial charge in [0.15, 0.2) is 0 Å². The largest absolute Gasteiger partial charge is 0.381 e. The lowest BCUT2D eigenvalue weighted by molar-refractivity contribution is 0.0622. The van der Waals surface area contributed by atoms with E-state index in [1.54, 1.807) is 0 Å². The van der Waals surface area contributed by atoms with Gasteiger partial charge in [0.25, 0.3) is 0 Å². The maximum Gasteiger partial charge on any atom is 0.148 e. The lowest BCUT2D eigenvalue weighted by Crippen LogP contribution is -2.31. The molecule has 1 unspecified atom stereocenters. The summed E-state index contributed by atoms with van der Waals surface area (Å²) in [6.07, 6.45) is 2.19. The molecular formula is C13H23N5O. The van der Waals surface area contributed by atoms with Crippen LogP contribution in [-0.4, -0.2) is 29.2 Å². The van der Waals surface area contributed by atoms with Crippen LogP contribution in [0.15, 0.2) is 0 Å². The molecule has 1 aliphatic heterocycles. The van der Waals surface area contributed by atoms with E-state index in [0.29, 0.717) is 23.6 Å². The van der Waals surface area contributed by atoms with Crippen LogP contribution in [0.1, 0.15) is 31.2 Å². The van der Waals surface area contributed by atoms with E-state index in [1.165, 1.54) is 0 Å². The minimum absolute atomic E-state index is 0.363. The molecule has 1 fully saturated rings. The first-order chi connectivity index (χ1) is 9.11. The van der Waals surface area contributed by atoms with Crippen molar-refractivity contribution in [2.45, 2.75) is 39.7 Å². The van der Waals surface area contributed by atoms with E-state index >= 15 is 0 Å². The summed E-state index contributed by atoms with van der Waals surface area (Å²) in [5.74, 6) is 8.34. The third-order valence-electron chi connectivity index (χ3n) is 3.73. The molecule has 0 spiro atoms. The predicted octanol–water partition coefficient (Wildman–Crippen LogP) is 1.61. The summed E-state index contributed by atoms with van der Waals surface area (Å²) >= 11 is 0. The molecular weight excluding hydrogens is 242 g/mol. The second-order valence-corrected chi connectivity index (χ2v) is 5.12. The van der Waals surface area contributed by atoms with Gasteiger partial charge in [0.2, 0.25) is 0 Å². The summed E-state index contributed by atoms with van der Waals surface area (Å²) in [6, 6.07) is 0.363. The van der Waals surface area contributed by atoms with E-state index in [1.807, 2.05) is 13.8 Å². The maximum atomic E-state index is 5.48. The number of hydrogen-bond acceptors (Lipinski definition) is 6. The quantitative estimate of drug-likeness (QED) is 0.566. The molecule has 2 rings (SSSR count). The number of aryl methyl sites for hydroxylation is 1. The third-order valence-corrected chi connectivity index (χ3v) is 3.73. The Hall–Kier alpha value is -1.40. The first-order valence-corrected chi connectivity index (χ1v) is 6.78. The molecule has 1 saturated heterocycles. The second-order valence-electron chi connectivity index (χ2n) is 5.12. The van der Waals surface area contributed by atoms with E-state index in [9.17, 15) is 0 Å². The molecule has 0 amide bonds. The van der Waals surface area contributed by atoms with Crippen molar-refractivity contribution in [2.75, 3.05) is 24.0 Å². The molecule has 6 heteroatoms. The highest BCUT2D eigenvalue weighted by atomic mass is 16.5. The normalized spacial score (nSPS) is 18.1. The summed E-state index contributed by atoms with van der Waals surface area (Å²) in [5.41, 5.74) is 3.57. The molecule has 0 radical (unpaired) electrons. The molecule has 4 N–H and O–H groups in total. The fourth-order valence-corrected chi connectivity index (χ4v) is 2.46.